The van der Waals surface area contributed by atoms with Gasteiger partial charge in [0.2, 0.25) is 0 Å². The molecule has 2 aromatic heterocycles. The van der Waals surface area contributed by atoms with Crippen molar-refractivity contribution in [1.82, 2.24) is 9.97 Å². The van der Waals surface area contributed by atoms with Crippen LogP contribution in [0.5, 0.6) is 0 Å². The van der Waals surface area contributed by atoms with Crippen molar-refractivity contribution in [2.45, 2.75) is 5.41 Å². The summed E-state index contributed by atoms with van der Waals surface area (Å²) in [5.41, 5.74) is 16.0. The molecule has 1 aliphatic carbocycles. The lowest BCUT2D eigenvalue weighted by molar-refractivity contribution is 0.768. The fourth-order valence-electron chi connectivity index (χ4n) is 7.96. The third kappa shape index (κ3) is 5.38. The number of hydrogen-bond donors (Lipinski definition) is 0. The standard InChI is InChI=1S/C49H30N4/c50-31-43-27-39(21-23-52-43)35-11-7-9-33(25-35)37-17-19-47-45(29-37)46-30-38(34-10-8-12-36(26-34)40-22-24-53-44(28-40)32-51)18-20-48(46)49(47,41-13-3-1-4-14-41)42-15-5-2-6-16-42/h1-30H. The minimum absolute atomic E-state index is 0.397. The van der Waals surface area contributed by atoms with Crippen molar-refractivity contribution in [3.63, 3.8) is 0 Å². The first-order valence-corrected chi connectivity index (χ1v) is 17.5. The van der Waals surface area contributed by atoms with Crippen molar-refractivity contribution >= 4 is 0 Å². The van der Waals surface area contributed by atoms with Gasteiger partial charge in [-0.2, -0.15) is 10.5 Å². The molecule has 0 N–H and O–H groups in total. The molecular formula is C49H30N4. The van der Waals surface area contributed by atoms with Crippen molar-refractivity contribution in [3.8, 4) is 67.8 Å². The van der Waals surface area contributed by atoms with Gasteiger partial charge in [0.25, 0.3) is 0 Å². The quantitative estimate of drug-likeness (QED) is 0.176. The zero-order chi connectivity index (χ0) is 35.8. The van der Waals surface area contributed by atoms with Gasteiger partial charge < -0.3 is 0 Å². The van der Waals surface area contributed by atoms with Gasteiger partial charge in [-0.25, -0.2) is 9.97 Å². The molecule has 4 nitrogen and oxygen atoms in total. The predicted octanol–water partition coefficient (Wildman–Crippen LogP) is 11.3. The molecule has 4 heteroatoms. The zero-order valence-corrected chi connectivity index (χ0v) is 28.6. The van der Waals surface area contributed by atoms with E-state index >= 15 is 0 Å². The summed E-state index contributed by atoms with van der Waals surface area (Å²) >= 11 is 0. The van der Waals surface area contributed by atoms with Crippen LogP contribution in [0.2, 0.25) is 0 Å². The number of rotatable bonds is 6. The molecule has 6 aromatic carbocycles. The summed E-state index contributed by atoms with van der Waals surface area (Å²) < 4.78 is 0. The molecule has 0 atom stereocenters. The van der Waals surface area contributed by atoms with Gasteiger partial charge in [-0.15, -0.1) is 0 Å². The van der Waals surface area contributed by atoms with E-state index in [0.29, 0.717) is 11.4 Å². The Hall–Kier alpha value is -7.40. The topological polar surface area (TPSA) is 73.4 Å². The van der Waals surface area contributed by atoms with Crippen LogP contribution in [0.1, 0.15) is 33.6 Å². The largest absolute Gasteiger partial charge is 0.246 e. The molecule has 0 unspecified atom stereocenters. The number of benzene rings is 6. The molecule has 9 rings (SSSR count). The summed E-state index contributed by atoms with van der Waals surface area (Å²) in [6, 6.07) is 64.3. The average molecular weight is 675 g/mol. The Kier molecular flexibility index (Phi) is 7.77. The van der Waals surface area contributed by atoms with Gasteiger partial charge in [-0.3, -0.25) is 0 Å². The van der Waals surface area contributed by atoms with Crippen molar-refractivity contribution in [2.24, 2.45) is 0 Å². The molecule has 0 spiro atoms. The Bertz CT molecular complexity index is 2560. The highest BCUT2D eigenvalue weighted by molar-refractivity contribution is 5.91. The van der Waals surface area contributed by atoms with Crippen LogP contribution >= 0.6 is 0 Å². The maximum Gasteiger partial charge on any atom is 0.141 e. The smallest absolute Gasteiger partial charge is 0.141 e. The first-order valence-electron chi connectivity index (χ1n) is 17.5. The maximum absolute atomic E-state index is 9.47. The van der Waals surface area contributed by atoms with Gasteiger partial charge in [-0.1, -0.05) is 121 Å². The molecule has 8 aromatic rings. The van der Waals surface area contributed by atoms with Gasteiger partial charge in [0.1, 0.15) is 23.5 Å². The number of aromatic nitrogens is 2. The molecule has 0 amide bonds. The van der Waals surface area contributed by atoms with Crippen LogP contribution in [-0.2, 0) is 5.41 Å². The summed E-state index contributed by atoms with van der Waals surface area (Å²) in [6.45, 7) is 0. The van der Waals surface area contributed by atoms with Crippen LogP contribution in [0.15, 0.2) is 182 Å². The van der Waals surface area contributed by atoms with Crippen molar-refractivity contribution in [1.29, 1.82) is 10.5 Å². The monoisotopic (exact) mass is 674 g/mol. The SMILES string of the molecule is N#Cc1cc(-c2cccc(-c3ccc4c(c3)-c3cc(-c5cccc(-c6ccnc(C#N)c6)c5)ccc3C4(c3ccccc3)c3ccccc3)c2)ccn1. The number of nitrogens with zero attached hydrogens (tertiary/aromatic N) is 4. The van der Waals surface area contributed by atoms with E-state index in [0.717, 1.165) is 44.5 Å². The van der Waals surface area contributed by atoms with Crippen LogP contribution in [0, 0.1) is 22.7 Å². The molecule has 1 aliphatic rings. The van der Waals surface area contributed by atoms with Crippen LogP contribution in [0.25, 0.3) is 55.6 Å². The second kappa shape index (κ2) is 13.1. The van der Waals surface area contributed by atoms with Gasteiger partial charge in [0.15, 0.2) is 0 Å². The van der Waals surface area contributed by atoms with E-state index < -0.39 is 5.41 Å². The summed E-state index contributed by atoms with van der Waals surface area (Å²) in [6.07, 6.45) is 3.38. The van der Waals surface area contributed by atoms with Crippen LogP contribution in [0.3, 0.4) is 0 Å². The highest BCUT2D eigenvalue weighted by Gasteiger charge is 2.46. The van der Waals surface area contributed by atoms with Gasteiger partial charge >= 0.3 is 0 Å². The predicted molar refractivity (Wildman–Crippen MR) is 211 cm³/mol. The number of nitriles is 2. The van der Waals surface area contributed by atoms with Crippen LogP contribution in [-0.4, -0.2) is 9.97 Å². The van der Waals surface area contributed by atoms with Crippen molar-refractivity contribution in [2.75, 3.05) is 0 Å². The number of fused-ring (bicyclic) bond motifs is 3. The Morgan fingerprint density at radius 2 is 0.736 bits per heavy atom. The molecule has 53 heavy (non-hydrogen) atoms. The first kappa shape index (κ1) is 31.6. The summed E-state index contributed by atoms with van der Waals surface area (Å²) in [7, 11) is 0. The van der Waals surface area contributed by atoms with Crippen molar-refractivity contribution < 1.29 is 0 Å². The third-order valence-corrected chi connectivity index (χ3v) is 10.4. The normalized spacial score (nSPS) is 12.3. The average Bonchev–Trinajstić information content (AvgIpc) is 3.54. The van der Waals surface area contributed by atoms with E-state index in [9.17, 15) is 10.5 Å². The third-order valence-electron chi connectivity index (χ3n) is 10.4. The highest BCUT2D eigenvalue weighted by Crippen LogP contribution is 2.57. The molecule has 0 bridgehead atoms. The number of hydrogen-bond acceptors (Lipinski definition) is 4. The fraction of sp³-hybridized carbons (Fsp3) is 0.0204. The van der Waals surface area contributed by atoms with E-state index in [1.807, 2.05) is 24.3 Å². The van der Waals surface area contributed by atoms with Gasteiger partial charge in [0, 0.05) is 12.4 Å². The molecule has 246 valence electrons. The molecule has 0 fully saturated rings. The Morgan fingerprint density at radius 1 is 0.358 bits per heavy atom. The molecule has 0 aliphatic heterocycles. The molecule has 0 saturated carbocycles. The second-order valence-electron chi connectivity index (χ2n) is 13.2. The molecular weight excluding hydrogens is 645 g/mol. The fourth-order valence-corrected chi connectivity index (χ4v) is 7.96. The zero-order valence-electron chi connectivity index (χ0n) is 28.6. The number of pyridine rings is 2. The second-order valence-corrected chi connectivity index (χ2v) is 13.2. The summed E-state index contributed by atoms with van der Waals surface area (Å²) in [5.74, 6) is 0. The minimum atomic E-state index is -0.524. The Labute approximate surface area is 308 Å². The first-order chi connectivity index (χ1) is 26.1. The summed E-state index contributed by atoms with van der Waals surface area (Å²) in [4.78, 5) is 8.34. The van der Waals surface area contributed by atoms with E-state index in [1.165, 1.54) is 33.4 Å². The molecule has 0 radical (unpaired) electrons. The van der Waals surface area contributed by atoms with Crippen molar-refractivity contribution in [3.05, 3.63) is 216 Å². The van der Waals surface area contributed by atoms with Crippen LogP contribution in [0.4, 0.5) is 0 Å². The lowest BCUT2D eigenvalue weighted by Gasteiger charge is -2.34. The van der Waals surface area contributed by atoms with E-state index in [-0.39, 0.29) is 0 Å². The maximum atomic E-state index is 9.47. The van der Waals surface area contributed by atoms with Gasteiger partial charge in [-0.05, 0) is 126 Å². The minimum Gasteiger partial charge on any atom is -0.246 e. The lowest BCUT2D eigenvalue weighted by Crippen LogP contribution is -2.28. The Balaban J connectivity index is 1.25. The van der Waals surface area contributed by atoms with E-state index in [1.54, 1.807) is 12.4 Å². The van der Waals surface area contributed by atoms with Crippen LogP contribution < -0.4 is 0 Å². The lowest BCUT2D eigenvalue weighted by atomic mass is 9.67. The van der Waals surface area contributed by atoms with Gasteiger partial charge in [0.05, 0.1) is 5.41 Å². The molecule has 2 heterocycles. The summed E-state index contributed by atoms with van der Waals surface area (Å²) in [5, 5.41) is 18.9. The van der Waals surface area contributed by atoms with E-state index in [2.05, 4.69) is 168 Å². The molecule has 0 saturated heterocycles. The highest BCUT2D eigenvalue weighted by atomic mass is 14.7. The Morgan fingerprint density at radius 3 is 1.13 bits per heavy atom. The van der Waals surface area contributed by atoms with E-state index in [4.69, 9.17) is 0 Å².